The summed E-state index contributed by atoms with van der Waals surface area (Å²) in [6.45, 7) is 4.31. The molecule has 34 heavy (non-hydrogen) atoms. The molecule has 3 aliphatic rings. The molecule has 6 rings (SSSR count). The molecule has 6 nitrogen and oxygen atoms in total. The van der Waals surface area contributed by atoms with Crippen LogP contribution >= 0.6 is 11.6 Å². The molecule has 0 fully saturated rings. The number of hydrogen-bond donors (Lipinski definition) is 0. The second kappa shape index (κ2) is 8.47. The number of Topliss-reactive ketones (excluding diaryl/α,β-unsaturated/α-hetero) is 1. The summed E-state index contributed by atoms with van der Waals surface area (Å²) in [7, 11) is 0. The first-order chi connectivity index (χ1) is 16.6. The average Bonchev–Trinajstić information content (AvgIpc) is 3.17. The molecule has 0 N–H and O–H groups in total. The van der Waals surface area contributed by atoms with Gasteiger partial charge in [0.05, 0.1) is 17.7 Å². The summed E-state index contributed by atoms with van der Waals surface area (Å²) in [4.78, 5) is 15.6. The lowest BCUT2D eigenvalue weighted by Crippen LogP contribution is -2.31. The molecular formula is C27H22ClNO5. The van der Waals surface area contributed by atoms with Crippen LogP contribution in [0.15, 0.2) is 54.3 Å². The molecule has 0 atom stereocenters. The van der Waals surface area contributed by atoms with Crippen molar-refractivity contribution in [3.63, 3.8) is 0 Å². The maximum atomic E-state index is 13.4. The highest BCUT2D eigenvalue weighted by Crippen LogP contribution is 2.45. The van der Waals surface area contributed by atoms with E-state index in [0.717, 1.165) is 29.0 Å². The molecule has 0 saturated carbocycles. The van der Waals surface area contributed by atoms with E-state index in [2.05, 4.69) is 17.0 Å². The van der Waals surface area contributed by atoms with Gasteiger partial charge >= 0.3 is 0 Å². The van der Waals surface area contributed by atoms with Crippen LogP contribution in [0.1, 0.15) is 38.2 Å². The second-order valence-electron chi connectivity index (χ2n) is 8.65. The number of carbonyl (C=O) groups excluding carboxylic acids is 1. The van der Waals surface area contributed by atoms with E-state index in [0.29, 0.717) is 47.5 Å². The van der Waals surface area contributed by atoms with Crippen LogP contribution < -0.4 is 14.2 Å². The van der Waals surface area contributed by atoms with Gasteiger partial charge in [-0.1, -0.05) is 41.9 Å². The molecule has 0 aliphatic carbocycles. The SMILES string of the molecule is Cc1cc2c(c3c1C(=O)/C(=C/c1cc(Cl)cc4c1OCOC4)O3)CN(Cc1ccccc1)CO2. The van der Waals surface area contributed by atoms with Gasteiger partial charge in [-0.05, 0) is 42.3 Å². The van der Waals surface area contributed by atoms with E-state index < -0.39 is 0 Å². The van der Waals surface area contributed by atoms with Crippen molar-refractivity contribution in [1.82, 2.24) is 4.90 Å². The zero-order valence-corrected chi connectivity index (χ0v) is 19.4. The monoisotopic (exact) mass is 475 g/mol. The Morgan fingerprint density at radius 3 is 2.79 bits per heavy atom. The van der Waals surface area contributed by atoms with Gasteiger partial charge in [0.1, 0.15) is 24.0 Å². The van der Waals surface area contributed by atoms with Gasteiger partial charge in [0.25, 0.3) is 0 Å². The van der Waals surface area contributed by atoms with E-state index >= 15 is 0 Å². The first-order valence-electron chi connectivity index (χ1n) is 11.1. The van der Waals surface area contributed by atoms with Crippen molar-refractivity contribution in [1.29, 1.82) is 0 Å². The molecule has 3 aromatic rings. The average molecular weight is 476 g/mol. The number of ketones is 1. The van der Waals surface area contributed by atoms with E-state index in [1.54, 1.807) is 12.1 Å². The standard InChI is InChI=1S/C27H22ClNO5/c1-16-7-22-21(12-29(14-32-22)11-17-5-3-2-4-6-17)27-24(16)25(30)23(34-27)10-18-8-20(28)9-19-13-31-15-33-26(18)19/h2-10H,11-15H2,1H3/b23-10-. The third kappa shape index (κ3) is 3.74. The molecule has 7 heteroatoms. The van der Waals surface area contributed by atoms with Gasteiger partial charge in [0, 0.05) is 29.2 Å². The second-order valence-corrected chi connectivity index (χ2v) is 9.09. The minimum atomic E-state index is -0.156. The number of nitrogens with zero attached hydrogens (tertiary/aromatic N) is 1. The molecular weight excluding hydrogens is 454 g/mol. The van der Waals surface area contributed by atoms with E-state index in [9.17, 15) is 4.79 Å². The Balaban J connectivity index is 1.35. The summed E-state index contributed by atoms with van der Waals surface area (Å²) >= 11 is 6.31. The predicted octanol–water partition coefficient (Wildman–Crippen LogP) is 5.48. The van der Waals surface area contributed by atoms with Crippen LogP contribution in [-0.4, -0.2) is 24.2 Å². The van der Waals surface area contributed by atoms with Crippen LogP contribution in [-0.2, 0) is 24.4 Å². The van der Waals surface area contributed by atoms with Crippen molar-refractivity contribution < 1.29 is 23.7 Å². The Morgan fingerprint density at radius 2 is 1.94 bits per heavy atom. The van der Waals surface area contributed by atoms with Gasteiger partial charge in [-0.2, -0.15) is 0 Å². The number of carbonyl (C=O) groups is 1. The first-order valence-corrected chi connectivity index (χ1v) is 11.5. The molecule has 0 spiro atoms. The van der Waals surface area contributed by atoms with E-state index in [1.165, 1.54) is 5.56 Å². The van der Waals surface area contributed by atoms with Crippen LogP contribution in [0.25, 0.3) is 6.08 Å². The van der Waals surface area contributed by atoms with Crippen molar-refractivity contribution in [2.75, 3.05) is 13.5 Å². The topological polar surface area (TPSA) is 57.2 Å². The summed E-state index contributed by atoms with van der Waals surface area (Å²) in [5, 5.41) is 0.543. The number of aryl methyl sites for hydroxylation is 1. The maximum absolute atomic E-state index is 13.4. The summed E-state index contributed by atoms with van der Waals surface area (Å²) in [6.07, 6.45) is 1.70. The van der Waals surface area contributed by atoms with E-state index in [-0.39, 0.29) is 18.3 Å². The third-order valence-electron chi connectivity index (χ3n) is 6.23. The largest absolute Gasteiger partial charge is 0.478 e. The van der Waals surface area contributed by atoms with Crippen molar-refractivity contribution in [2.24, 2.45) is 0 Å². The normalized spacial score (nSPS) is 17.9. The summed E-state index contributed by atoms with van der Waals surface area (Å²) in [5.74, 6) is 2.08. The van der Waals surface area contributed by atoms with Gasteiger partial charge < -0.3 is 18.9 Å². The zero-order valence-electron chi connectivity index (χ0n) is 18.6. The Hall–Kier alpha value is -3.32. The van der Waals surface area contributed by atoms with Crippen molar-refractivity contribution >= 4 is 23.5 Å². The third-order valence-corrected chi connectivity index (χ3v) is 6.45. The lowest BCUT2D eigenvalue weighted by molar-refractivity contribution is -0.0165. The van der Waals surface area contributed by atoms with Crippen molar-refractivity contribution in [2.45, 2.75) is 26.6 Å². The van der Waals surface area contributed by atoms with E-state index in [1.807, 2.05) is 37.3 Å². The smallest absolute Gasteiger partial charge is 0.232 e. The number of allylic oxidation sites excluding steroid dienone is 1. The lowest BCUT2D eigenvalue weighted by atomic mass is 9.98. The highest BCUT2D eigenvalue weighted by molar-refractivity contribution is 6.31. The van der Waals surface area contributed by atoms with Crippen LogP contribution in [0.4, 0.5) is 0 Å². The zero-order chi connectivity index (χ0) is 23.2. The van der Waals surface area contributed by atoms with Gasteiger partial charge in [0.2, 0.25) is 5.78 Å². The molecule has 0 amide bonds. The fourth-order valence-corrected chi connectivity index (χ4v) is 4.93. The maximum Gasteiger partial charge on any atom is 0.232 e. The predicted molar refractivity (Wildman–Crippen MR) is 127 cm³/mol. The fraction of sp³-hybridized carbons (Fsp3) is 0.222. The molecule has 3 heterocycles. The minimum absolute atomic E-state index is 0.154. The quantitative estimate of drug-likeness (QED) is 0.467. The molecule has 3 aliphatic heterocycles. The number of hydrogen-bond acceptors (Lipinski definition) is 6. The molecule has 3 aromatic carbocycles. The molecule has 0 bridgehead atoms. The Labute approximate surface area is 202 Å². The number of fused-ring (bicyclic) bond motifs is 4. The Kier molecular flexibility index (Phi) is 5.29. The van der Waals surface area contributed by atoms with Gasteiger partial charge in [-0.25, -0.2) is 0 Å². The summed E-state index contributed by atoms with van der Waals surface area (Å²) in [6, 6.07) is 15.7. The molecule has 172 valence electrons. The lowest BCUT2D eigenvalue weighted by Gasteiger charge is -2.30. The number of rotatable bonds is 3. The van der Waals surface area contributed by atoms with Crippen molar-refractivity contribution in [3.05, 3.63) is 92.7 Å². The van der Waals surface area contributed by atoms with Gasteiger partial charge in [0.15, 0.2) is 12.6 Å². The molecule has 0 saturated heterocycles. The Bertz CT molecular complexity index is 1330. The number of halogens is 1. The number of benzene rings is 3. The molecule has 0 aromatic heterocycles. The van der Waals surface area contributed by atoms with Gasteiger partial charge in [-0.15, -0.1) is 0 Å². The van der Waals surface area contributed by atoms with Gasteiger partial charge in [-0.3, -0.25) is 9.69 Å². The minimum Gasteiger partial charge on any atom is -0.478 e. The first kappa shape index (κ1) is 21.2. The molecule has 0 radical (unpaired) electrons. The Morgan fingerprint density at radius 1 is 1.09 bits per heavy atom. The van der Waals surface area contributed by atoms with E-state index in [4.69, 9.17) is 30.5 Å². The number of ether oxygens (including phenoxy) is 4. The van der Waals surface area contributed by atoms with Crippen LogP contribution in [0, 0.1) is 6.92 Å². The highest BCUT2D eigenvalue weighted by atomic mass is 35.5. The van der Waals surface area contributed by atoms with Crippen LogP contribution in [0.5, 0.6) is 17.2 Å². The van der Waals surface area contributed by atoms with Crippen molar-refractivity contribution in [3.8, 4) is 17.2 Å². The highest BCUT2D eigenvalue weighted by Gasteiger charge is 2.35. The van der Waals surface area contributed by atoms with Crippen LogP contribution in [0.3, 0.4) is 0 Å². The van der Waals surface area contributed by atoms with Crippen LogP contribution in [0.2, 0.25) is 5.02 Å². The summed E-state index contributed by atoms with van der Waals surface area (Å²) in [5.41, 5.74) is 5.03. The summed E-state index contributed by atoms with van der Waals surface area (Å²) < 4.78 is 23.3. The molecule has 0 unspecified atom stereocenters. The fourth-order valence-electron chi connectivity index (χ4n) is 4.68.